The number of amides is 2. The van der Waals surface area contributed by atoms with Crippen molar-refractivity contribution in [2.75, 3.05) is 19.6 Å². The van der Waals surface area contributed by atoms with Gasteiger partial charge in [0.15, 0.2) is 0 Å². The Morgan fingerprint density at radius 3 is 2.76 bits per heavy atom. The Morgan fingerprint density at radius 1 is 1.17 bits per heavy atom. The van der Waals surface area contributed by atoms with Crippen LogP contribution in [-0.2, 0) is 30.6 Å². The molecule has 0 radical (unpaired) electrons. The maximum absolute atomic E-state index is 12.4. The number of nitrogens with one attached hydrogen (secondary N) is 1. The van der Waals surface area contributed by atoms with Gasteiger partial charge in [-0.1, -0.05) is 30.3 Å². The van der Waals surface area contributed by atoms with Gasteiger partial charge in [0, 0.05) is 30.9 Å². The van der Waals surface area contributed by atoms with Gasteiger partial charge in [-0.05, 0) is 50.5 Å². The molecule has 2 amide bonds. The second-order valence-electron chi connectivity index (χ2n) is 8.00. The summed E-state index contributed by atoms with van der Waals surface area (Å²) in [4.78, 5) is 20.6. The number of urea groups is 1. The summed E-state index contributed by atoms with van der Waals surface area (Å²) < 4.78 is 6.01. The molecule has 6 heteroatoms. The summed E-state index contributed by atoms with van der Waals surface area (Å²) in [5.41, 5.74) is 2.53. The predicted octanol–water partition coefficient (Wildman–Crippen LogP) is 4.35. The highest BCUT2D eigenvalue weighted by Gasteiger charge is 2.23. The van der Waals surface area contributed by atoms with E-state index in [9.17, 15) is 4.79 Å². The zero-order valence-corrected chi connectivity index (χ0v) is 17.9. The topological polar surface area (TPSA) is 54.5 Å². The number of nitrogens with zero attached hydrogens (tertiary/aromatic N) is 2. The standard InChI is InChI=1S/C23H31N3O2S/c27-23(24-14-6-11-22-25-20-9-4-5-10-21(20)29-22)26-15-12-19(13-16-26)28-17-18-7-2-1-3-8-18/h1-3,7-8,19H,4-6,9-17H2,(H,24,27). The molecule has 0 bridgehead atoms. The van der Waals surface area contributed by atoms with Gasteiger partial charge in [0.25, 0.3) is 0 Å². The van der Waals surface area contributed by atoms with E-state index in [0.29, 0.717) is 13.2 Å². The molecule has 4 rings (SSSR count). The molecular formula is C23H31N3O2S. The molecule has 156 valence electrons. The Bertz CT molecular complexity index is 761. The van der Waals surface area contributed by atoms with Gasteiger partial charge >= 0.3 is 6.03 Å². The maximum atomic E-state index is 12.4. The molecule has 1 aliphatic carbocycles. The van der Waals surface area contributed by atoms with Crippen molar-refractivity contribution in [3.8, 4) is 0 Å². The molecular weight excluding hydrogens is 382 g/mol. The Labute approximate surface area is 177 Å². The van der Waals surface area contributed by atoms with Gasteiger partial charge in [0.1, 0.15) is 0 Å². The minimum absolute atomic E-state index is 0.0601. The van der Waals surface area contributed by atoms with Gasteiger partial charge in [-0.15, -0.1) is 11.3 Å². The molecule has 1 aliphatic heterocycles. The Kier molecular flexibility index (Phi) is 7.17. The molecule has 1 aromatic carbocycles. The molecule has 1 aromatic heterocycles. The zero-order valence-electron chi connectivity index (χ0n) is 17.1. The van der Waals surface area contributed by atoms with Crippen LogP contribution >= 0.6 is 11.3 Å². The van der Waals surface area contributed by atoms with E-state index in [1.165, 1.54) is 40.4 Å². The van der Waals surface area contributed by atoms with Gasteiger partial charge in [0.05, 0.1) is 23.4 Å². The first-order valence-corrected chi connectivity index (χ1v) is 11.8. The second-order valence-corrected chi connectivity index (χ2v) is 9.17. The van der Waals surface area contributed by atoms with Crippen molar-refractivity contribution >= 4 is 17.4 Å². The Morgan fingerprint density at radius 2 is 1.97 bits per heavy atom. The molecule has 0 saturated carbocycles. The van der Waals surface area contributed by atoms with Gasteiger partial charge in [-0.2, -0.15) is 0 Å². The third kappa shape index (κ3) is 5.80. The highest BCUT2D eigenvalue weighted by atomic mass is 32.1. The van der Waals surface area contributed by atoms with Crippen LogP contribution in [0.5, 0.6) is 0 Å². The molecule has 5 nitrogen and oxygen atoms in total. The first-order valence-electron chi connectivity index (χ1n) is 10.9. The van der Waals surface area contributed by atoms with Crippen molar-refractivity contribution in [2.24, 2.45) is 0 Å². The highest BCUT2D eigenvalue weighted by molar-refractivity contribution is 7.11. The monoisotopic (exact) mass is 413 g/mol. The minimum atomic E-state index is 0.0601. The lowest BCUT2D eigenvalue weighted by Gasteiger charge is -2.32. The smallest absolute Gasteiger partial charge is 0.317 e. The molecule has 0 unspecified atom stereocenters. The van der Waals surface area contributed by atoms with E-state index in [1.807, 2.05) is 34.4 Å². The fraction of sp³-hybridized carbons (Fsp3) is 0.565. The number of fused-ring (bicyclic) bond motifs is 1. The number of hydrogen-bond donors (Lipinski definition) is 1. The van der Waals surface area contributed by atoms with Crippen molar-refractivity contribution in [1.29, 1.82) is 0 Å². The average molecular weight is 414 g/mol. The number of thiazole rings is 1. The number of aromatic nitrogens is 1. The lowest BCUT2D eigenvalue weighted by atomic mass is 10.0. The molecule has 0 atom stereocenters. The van der Waals surface area contributed by atoms with Crippen LogP contribution in [0.25, 0.3) is 0 Å². The van der Waals surface area contributed by atoms with E-state index in [1.54, 1.807) is 0 Å². The van der Waals surface area contributed by atoms with Crippen LogP contribution in [0.3, 0.4) is 0 Å². The van der Waals surface area contributed by atoms with Crippen molar-refractivity contribution in [3.63, 3.8) is 0 Å². The molecule has 1 saturated heterocycles. The van der Waals surface area contributed by atoms with Crippen LogP contribution in [0.1, 0.15) is 53.2 Å². The van der Waals surface area contributed by atoms with Crippen molar-refractivity contribution in [3.05, 3.63) is 51.5 Å². The van der Waals surface area contributed by atoms with E-state index in [4.69, 9.17) is 9.72 Å². The summed E-state index contributed by atoms with van der Waals surface area (Å²) in [6.45, 7) is 2.90. The molecule has 1 fully saturated rings. The summed E-state index contributed by atoms with van der Waals surface area (Å²) in [5, 5.41) is 4.32. The van der Waals surface area contributed by atoms with Gasteiger partial charge in [-0.25, -0.2) is 9.78 Å². The number of ether oxygens (including phenoxy) is 1. The number of piperidine rings is 1. The Balaban J connectivity index is 1.11. The van der Waals surface area contributed by atoms with Crippen LogP contribution in [-0.4, -0.2) is 41.7 Å². The summed E-state index contributed by atoms with van der Waals surface area (Å²) in [6, 6.07) is 10.3. The van der Waals surface area contributed by atoms with E-state index in [0.717, 1.165) is 45.2 Å². The van der Waals surface area contributed by atoms with Crippen LogP contribution in [0.2, 0.25) is 0 Å². The summed E-state index contributed by atoms with van der Waals surface area (Å²) in [6.07, 6.45) is 8.91. The van der Waals surface area contributed by atoms with Crippen molar-refractivity contribution in [2.45, 2.75) is 64.1 Å². The predicted molar refractivity (Wildman–Crippen MR) is 116 cm³/mol. The number of hydrogen-bond acceptors (Lipinski definition) is 4. The minimum Gasteiger partial charge on any atom is -0.373 e. The van der Waals surface area contributed by atoms with E-state index in [2.05, 4.69) is 17.4 Å². The molecule has 1 N–H and O–H groups in total. The summed E-state index contributed by atoms with van der Waals surface area (Å²) in [5.74, 6) is 0. The number of likely N-dealkylation sites (tertiary alicyclic amines) is 1. The molecule has 29 heavy (non-hydrogen) atoms. The number of benzene rings is 1. The molecule has 2 aliphatic rings. The fourth-order valence-electron chi connectivity index (χ4n) is 4.07. The van der Waals surface area contributed by atoms with Crippen LogP contribution in [0.15, 0.2) is 30.3 Å². The maximum Gasteiger partial charge on any atom is 0.317 e. The molecule has 0 spiro atoms. The normalized spacial score (nSPS) is 17.2. The number of rotatable bonds is 7. The highest BCUT2D eigenvalue weighted by Crippen LogP contribution is 2.27. The quantitative estimate of drug-likeness (QED) is 0.687. The molecule has 2 heterocycles. The number of carbonyl (C=O) groups excluding carboxylic acids is 1. The van der Waals surface area contributed by atoms with Crippen molar-refractivity contribution < 1.29 is 9.53 Å². The average Bonchev–Trinajstić information content (AvgIpc) is 3.19. The van der Waals surface area contributed by atoms with Crippen LogP contribution < -0.4 is 5.32 Å². The largest absolute Gasteiger partial charge is 0.373 e. The number of carbonyl (C=O) groups is 1. The summed E-state index contributed by atoms with van der Waals surface area (Å²) >= 11 is 1.88. The SMILES string of the molecule is O=C(NCCCc1nc2c(s1)CCCC2)N1CCC(OCc2ccccc2)CC1. The lowest BCUT2D eigenvalue weighted by molar-refractivity contribution is 0.00448. The van der Waals surface area contributed by atoms with Gasteiger partial charge < -0.3 is 15.0 Å². The zero-order chi connectivity index (χ0) is 19.9. The molecule has 2 aromatic rings. The van der Waals surface area contributed by atoms with Crippen LogP contribution in [0.4, 0.5) is 4.79 Å². The third-order valence-corrected chi connectivity index (χ3v) is 7.01. The van der Waals surface area contributed by atoms with E-state index in [-0.39, 0.29) is 12.1 Å². The van der Waals surface area contributed by atoms with E-state index >= 15 is 0 Å². The van der Waals surface area contributed by atoms with Crippen molar-refractivity contribution in [1.82, 2.24) is 15.2 Å². The van der Waals surface area contributed by atoms with Gasteiger partial charge in [-0.3, -0.25) is 0 Å². The Hall–Kier alpha value is -1.92. The second kappa shape index (κ2) is 10.2. The first-order chi connectivity index (χ1) is 14.3. The number of aryl methyl sites for hydroxylation is 3. The van der Waals surface area contributed by atoms with Crippen LogP contribution in [0, 0.1) is 0 Å². The van der Waals surface area contributed by atoms with Gasteiger partial charge in [0.2, 0.25) is 0 Å². The van der Waals surface area contributed by atoms with E-state index < -0.39 is 0 Å². The summed E-state index contributed by atoms with van der Waals surface area (Å²) in [7, 11) is 0. The first kappa shape index (κ1) is 20.4. The lowest BCUT2D eigenvalue weighted by Crippen LogP contribution is -2.46. The third-order valence-electron chi connectivity index (χ3n) is 5.79. The fourth-order valence-corrected chi connectivity index (χ4v) is 5.27.